The first-order valence-electron chi connectivity index (χ1n) is 4.26. The average Bonchev–Trinajstić information content (AvgIpc) is 2.11. The van der Waals surface area contributed by atoms with Crippen LogP contribution in [0.2, 0.25) is 0 Å². The zero-order valence-corrected chi connectivity index (χ0v) is 7.75. The van der Waals surface area contributed by atoms with E-state index < -0.39 is 30.5 Å². The molecule has 1 unspecified atom stereocenters. The lowest BCUT2D eigenvalue weighted by Gasteiger charge is -2.39. The van der Waals surface area contributed by atoms with Gasteiger partial charge in [-0.1, -0.05) is 0 Å². The molecule has 1 saturated heterocycles. The first kappa shape index (κ1) is 10.9. The van der Waals surface area contributed by atoms with E-state index in [1.54, 1.807) is 6.92 Å². The predicted octanol–water partition coefficient (Wildman–Crippen LogP) is -1.50. The number of hydrogen-bond acceptors (Lipinski definition) is 5. The molecule has 0 spiro atoms. The van der Waals surface area contributed by atoms with Crippen LogP contribution in [0.15, 0.2) is 0 Å². The summed E-state index contributed by atoms with van der Waals surface area (Å²) in [5.74, 6) is 0. The normalized spacial score (nSPS) is 46.4. The van der Waals surface area contributed by atoms with E-state index in [2.05, 4.69) is 0 Å². The van der Waals surface area contributed by atoms with Crippen molar-refractivity contribution in [3.63, 3.8) is 0 Å². The van der Waals surface area contributed by atoms with Gasteiger partial charge in [-0.05, 0) is 6.92 Å². The van der Waals surface area contributed by atoms with Gasteiger partial charge >= 0.3 is 0 Å². The predicted molar refractivity (Wildman–Crippen MR) is 44.2 cm³/mol. The Bertz CT molecular complexity index is 163. The molecule has 0 saturated carbocycles. The third-order valence-corrected chi connectivity index (χ3v) is 2.28. The Morgan fingerprint density at radius 1 is 1.15 bits per heavy atom. The van der Waals surface area contributed by atoms with Gasteiger partial charge in [-0.3, -0.25) is 0 Å². The summed E-state index contributed by atoms with van der Waals surface area (Å²) in [7, 11) is 1.48. The van der Waals surface area contributed by atoms with Gasteiger partial charge in [-0.2, -0.15) is 0 Å². The zero-order valence-electron chi connectivity index (χ0n) is 7.75. The van der Waals surface area contributed by atoms with E-state index in [0.29, 0.717) is 0 Å². The van der Waals surface area contributed by atoms with Crippen LogP contribution in [-0.2, 0) is 9.47 Å². The molecule has 0 aromatic heterocycles. The molecule has 1 aliphatic heterocycles. The molecule has 13 heavy (non-hydrogen) atoms. The van der Waals surface area contributed by atoms with Crippen molar-refractivity contribution in [3.05, 3.63) is 0 Å². The molecule has 1 aliphatic rings. The van der Waals surface area contributed by atoms with E-state index >= 15 is 0 Å². The van der Waals surface area contributed by atoms with Gasteiger partial charge in [-0.15, -0.1) is 0 Å². The second kappa shape index (κ2) is 4.34. The fourth-order valence-corrected chi connectivity index (χ4v) is 1.44. The first-order chi connectivity index (χ1) is 6.07. The summed E-state index contributed by atoms with van der Waals surface area (Å²) in [6.07, 6.45) is -4.35. The molecule has 5 atom stereocenters. The quantitative estimate of drug-likeness (QED) is 0.496. The molecule has 0 radical (unpaired) electrons. The molecule has 1 rings (SSSR count). The van der Waals surface area contributed by atoms with Crippen LogP contribution < -0.4 is 0 Å². The summed E-state index contributed by atoms with van der Waals surface area (Å²) in [5.41, 5.74) is 0. The summed E-state index contributed by atoms with van der Waals surface area (Å²) in [6.45, 7) is 1.84. The fourth-order valence-electron chi connectivity index (χ4n) is 1.44. The Kier molecular flexibility index (Phi) is 3.63. The van der Waals surface area contributed by atoms with Crippen LogP contribution in [0.3, 0.4) is 0 Å². The van der Waals surface area contributed by atoms with Crippen LogP contribution in [0.1, 0.15) is 6.92 Å². The largest absolute Gasteiger partial charge is 0.388 e. The van der Waals surface area contributed by atoms with Gasteiger partial charge in [0.25, 0.3) is 0 Å². The summed E-state index contributed by atoms with van der Waals surface area (Å²) < 4.78 is 10.0. The second-order valence-corrected chi connectivity index (χ2v) is 3.31. The Morgan fingerprint density at radius 2 is 1.77 bits per heavy atom. The van der Waals surface area contributed by atoms with Gasteiger partial charge in [0, 0.05) is 7.11 Å². The minimum absolute atomic E-state index is 0.204. The van der Waals surface area contributed by atoms with Gasteiger partial charge in [-0.25, -0.2) is 0 Å². The number of methoxy groups -OCH3 is 1. The number of hydrogen-bond donors (Lipinski definition) is 3. The molecule has 1 heterocycles. The average molecular weight is 192 g/mol. The topological polar surface area (TPSA) is 79.2 Å². The molecule has 0 aliphatic carbocycles. The van der Waals surface area contributed by atoms with E-state index in [0.717, 1.165) is 0 Å². The van der Waals surface area contributed by atoms with Crippen LogP contribution in [-0.4, -0.2) is 59.6 Å². The second-order valence-electron chi connectivity index (χ2n) is 3.31. The van der Waals surface area contributed by atoms with Gasteiger partial charge in [0.1, 0.15) is 24.4 Å². The lowest BCUT2D eigenvalue weighted by molar-refractivity contribution is -0.226. The maximum absolute atomic E-state index is 9.44. The monoisotopic (exact) mass is 192 g/mol. The van der Waals surface area contributed by atoms with Crippen molar-refractivity contribution in [3.8, 4) is 0 Å². The van der Waals surface area contributed by atoms with E-state index in [1.165, 1.54) is 7.11 Å². The van der Waals surface area contributed by atoms with Gasteiger partial charge in [0.05, 0.1) is 12.7 Å². The Hall–Kier alpha value is -0.200. The van der Waals surface area contributed by atoms with Crippen molar-refractivity contribution in [1.29, 1.82) is 0 Å². The smallest absolute Gasteiger partial charge is 0.111 e. The van der Waals surface area contributed by atoms with Crippen LogP contribution >= 0.6 is 0 Å². The van der Waals surface area contributed by atoms with Crippen molar-refractivity contribution >= 4 is 0 Å². The molecule has 78 valence electrons. The van der Waals surface area contributed by atoms with E-state index in [4.69, 9.17) is 9.47 Å². The lowest BCUT2D eigenvalue weighted by Crippen LogP contribution is -2.57. The molecule has 5 heteroatoms. The highest BCUT2D eigenvalue weighted by atomic mass is 16.6. The van der Waals surface area contributed by atoms with Crippen molar-refractivity contribution in [1.82, 2.24) is 0 Å². The SMILES string of the molecule is COC[C@H]1OC(C)[C@H](O)[C@@H](O)[C@@H]1O. The molecule has 3 N–H and O–H groups in total. The van der Waals surface area contributed by atoms with Crippen LogP contribution in [0, 0.1) is 0 Å². The molecule has 0 bridgehead atoms. The maximum atomic E-state index is 9.44. The molecular formula is C8H16O5. The highest BCUT2D eigenvalue weighted by Crippen LogP contribution is 2.20. The Morgan fingerprint density at radius 3 is 2.31 bits per heavy atom. The lowest BCUT2D eigenvalue weighted by atomic mass is 9.96. The summed E-state index contributed by atoms with van der Waals surface area (Å²) in [4.78, 5) is 0. The minimum Gasteiger partial charge on any atom is -0.388 e. The number of rotatable bonds is 2. The zero-order chi connectivity index (χ0) is 10.0. The molecule has 0 aromatic carbocycles. The molecule has 5 nitrogen and oxygen atoms in total. The van der Waals surface area contributed by atoms with Gasteiger partial charge in [0.2, 0.25) is 0 Å². The number of ether oxygens (including phenoxy) is 2. The summed E-state index contributed by atoms with van der Waals surface area (Å²) in [6, 6.07) is 0. The maximum Gasteiger partial charge on any atom is 0.111 e. The number of aliphatic hydroxyl groups excluding tert-OH is 3. The van der Waals surface area contributed by atoms with Crippen molar-refractivity contribution in [2.45, 2.75) is 37.4 Å². The van der Waals surface area contributed by atoms with E-state index in [1.807, 2.05) is 0 Å². The van der Waals surface area contributed by atoms with Crippen molar-refractivity contribution in [2.24, 2.45) is 0 Å². The molecule has 1 fully saturated rings. The van der Waals surface area contributed by atoms with Gasteiger partial charge in [0.15, 0.2) is 0 Å². The highest BCUT2D eigenvalue weighted by Gasteiger charge is 2.41. The van der Waals surface area contributed by atoms with Crippen LogP contribution in [0.5, 0.6) is 0 Å². The van der Waals surface area contributed by atoms with Gasteiger partial charge < -0.3 is 24.8 Å². The van der Waals surface area contributed by atoms with Crippen molar-refractivity contribution in [2.75, 3.05) is 13.7 Å². The standard InChI is InChI=1S/C8H16O5/c1-4-6(9)8(11)7(10)5(13-4)3-12-2/h4-11H,3H2,1-2H3/t4?,5-,6+,7-,8-/m1/s1. The highest BCUT2D eigenvalue weighted by molar-refractivity contribution is 4.90. The summed E-state index contributed by atoms with van der Waals surface area (Å²) >= 11 is 0. The third kappa shape index (κ3) is 2.18. The van der Waals surface area contributed by atoms with E-state index in [9.17, 15) is 15.3 Å². The van der Waals surface area contributed by atoms with Crippen molar-refractivity contribution < 1.29 is 24.8 Å². The molecule has 0 aromatic rings. The van der Waals surface area contributed by atoms with Crippen LogP contribution in [0.4, 0.5) is 0 Å². The summed E-state index contributed by atoms with van der Waals surface area (Å²) in [5, 5.41) is 28.1. The molecular weight excluding hydrogens is 176 g/mol. The first-order valence-corrected chi connectivity index (χ1v) is 4.26. The minimum atomic E-state index is -1.16. The Balaban J connectivity index is 2.59. The van der Waals surface area contributed by atoms with Crippen LogP contribution in [0.25, 0.3) is 0 Å². The third-order valence-electron chi connectivity index (χ3n) is 2.28. The molecule has 0 amide bonds. The number of aliphatic hydroxyl groups is 3. The van der Waals surface area contributed by atoms with E-state index in [-0.39, 0.29) is 6.61 Å². The fraction of sp³-hybridized carbons (Fsp3) is 1.00. The Labute approximate surface area is 76.9 Å².